The minimum atomic E-state index is -0.479. The Bertz CT molecular complexity index is 1040. The quantitative estimate of drug-likeness (QED) is 0.519. The number of fused-ring (bicyclic) bond motifs is 1. The Morgan fingerprint density at radius 1 is 1.03 bits per heavy atom. The molecule has 7 nitrogen and oxygen atoms in total. The van der Waals surface area contributed by atoms with Gasteiger partial charge in [-0.2, -0.15) is 0 Å². The number of anilines is 1. The first-order valence-corrected chi connectivity index (χ1v) is 10.2. The van der Waals surface area contributed by atoms with E-state index in [0.717, 1.165) is 41.5 Å². The zero-order valence-electron chi connectivity index (χ0n) is 16.3. The molecule has 0 spiro atoms. The number of benzene rings is 2. The number of likely N-dealkylation sites (N-methyl/N-ethyl adjacent to an activating group) is 1. The fraction of sp³-hybridized carbons (Fsp3) is 0.286. The van der Waals surface area contributed by atoms with Crippen LogP contribution < -0.4 is 14.5 Å². The van der Waals surface area contributed by atoms with Gasteiger partial charge < -0.3 is 19.3 Å². The molecule has 1 saturated heterocycles. The number of hydrogen-bond donors (Lipinski definition) is 1. The third-order valence-electron chi connectivity index (χ3n) is 4.99. The lowest BCUT2D eigenvalue weighted by molar-refractivity contribution is -0.880. The van der Waals surface area contributed by atoms with E-state index in [2.05, 4.69) is 16.7 Å². The Hall–Kier alpha value is -2.97. The first-order chi connectivity index (χ1) is 14.0. The molecular formula is C21H22N3O4S+. The summed E-state index contributed by atoms with van der Waals surface area (Å²) in [5.74, 6) is -0.455. The molecule has 2 aromatic carbocycles. The van der Waals surface area contributed by atoms with Gasteiger partial charge in [-0.25, -0.2) is 14.6 Å². The van der Waals surface area contributed by atoms with Gasteiger partial charge >= 0.3 is 11.9 Å². The molecule has 1 N–H and O–H groups in total. The molecular weight excluding hydrogens is 390 g/mol. The maximum atomic E-state index is 12.4. The van der Waals surface area contributed by atoms with Crippen molar-refractivity contribution in [3.63, 3.8) is 0 Å². The van der Waals surface area contributed by atoms with Gasteiger partial charge in [-0.3, -0.25) is 0 Å². The summed E-state index contributed by atoms with van der Waals surface area (Å²) < 4.78 is 11.2. The SMILES string of the molecule is COC(=O)c1ccc(C(=O)Oc2ccc3nc(N4CC[NH+](C)CC4)sc3c2)cc1. The first-order valence-electron chi connectivity index (χ1n) is 9.41. The fourth-order valence-corrected chi connectivity index (χ4v) is 4.24. The summed E-state index contributed by atoms with van der Waals surface area (Å²) in [5, 5.41) is 1.01. The zero-order chi connectivity index (χ0) is 20.4. The van der Waals surface area contributed by atoms with Gasteiger partial charge in [0.05, 0.1) is 61.7 Å². The molecule has 1 aromatic heterocycles. The molecule has 1 fully saturated rings. The highest BCUT2D eigenvalue weighted by Gasteiger charge is 2.20. The highest BCUT2D eigenvalue weighted by molar-refractivity contribution is 7.22. The molecule has 29 heavy (non-hydrogen) atoms. The maximum Gasteiger partial charge on any atom is 0.343 e. The second-order valence-corrected chi connectivity index (χ2v) is 8.04. The van der Waals surface area contributed by atoms with Gasteiger partial charge in [0.2, 0.25) is 0 Å². The third kappa shape index (κ3) is 4.23. The van der Waals surface area contributed by atoms with Crippen molar-refractivity contribution in [2.24, 2.45) is 0 Å². The zero-order valence-corrected chi connectivity index (χ0v) is 17.1. The topological polar surface area (TPSA) is 73.2 Å². The number of hydrogen-bond acceptors (Lipinski definition) is 7. The van der Waals surface area contributed by atoms with Crippen molar-refractivity contribution in [1.82, 2.24) is 4.98 Å². The van der Waals surface area contributed by atoms with Crippen LogP contribution in [0.2, 0.25) is 0 Å². The highest BCUT2D eigenvalue weighted by Crippen LogP contribution is 2.31. The van der Waals surface area contributed by atoms with Crippen molar-refractivity contribution in [2.75, 3.05) is 45.2 Å². The third-order valence-corrected chi connectivity index (χ3v) is 6.07. The molecule has 150 valence electrons. The van der Waals surface area contributed by atoms with Gasteiger partial charge in [0, 0.05) is 6.07 Å². The summed E-state index contributed by atoms with van der Waals surface area (Å²) in [7, 11) is 3.52. The monoisotopic (exact) mass is 412 g/mol. The minimum absolute atomic E-state index is 0.364. The van der Waals surface area contributed by atoms with Gasteiger partial charge in [0.25, 0.3) is 0 Å². The first kappa shape index (κ1) is 19.4. The van der Waals surface area contributed by atoms with Crippen LogP contribution in [0.15, 0.2) is 42.5 Å². The number of piperazine rings is 1. The molecule has 1 aliphatic heterocycles. The average molecular weight is 412 g/mol. The van der Waals surface area contributed by atoms with E-state index < -0.39 is 11.9 Å². The maximum absolute atomic E-state index is 12.4. The smallest absolute Gasteiger partial charge is 0.343 e. The van der Waals surface area contributed by atoms with Crippen LogP contribution in [-0.2, 0) is 4.74 Å². The predicted octanol–water partition coefficient (Wildman–Crippen LogP) is 1.64. The summed E-state index contributed by atoms with van der Waals surface area (Å²) in [5.41, 5.74) is 1.65. The molecule has 1 aliphatic rings. The van der Waals surface area contributed by atoms with Crippen LogP contribution in [0.5, 0.6) is 5.75 Å². The summed E-state index contributed by atoms with van der Waals surface area (Å²) in [6.45, 7) is 4.20. The van der Waals surface area contributed by atoms with Crippen LogP contribution >= 0.6 is 11.3 Å². The van der Waals surface area contributed by atoms with Gasteiger partial charge in [-0.05, 0) is 36.4 Å². The lowest BCUT2D eigenvalue weighted by Crippen LogP contribution is -3.12. The molecule has 8 heteroatoms. The van der Waals surface area contributed by atoms with Gasteiger partial charge in [0.15, 0.2) is 5.13 Å². The molecule has 0 saturated carbocycles. The van der Waals surface area contributed by atoms with Gasteiger partial charge in [-0.1, -0.05) is 11.3 Å². The number of nitrogens with zero attached hydrogens (tertiary/aromatic N) is 2. The van der Waals surface area contributed by atoms with Crippen LogP contribution in [0.25, 0.3) is 10.2 Å². The molecule has 0 radical (unpaired) electrons. The number of thiazole rings is 1. The predicted molar refractivity (Wildman–Crippen MR) is 111 cm³/mol. The van der Waals surface area contributed by atoms with E-state index in [1.54, 1.807) is 41.7 Å². The molecule has 0 bridgehead atoms. The molecule has 3 aromatic rings. The number of ether oxygens (including phenoxy) is 2. The van der Waals surface area contributed by atoms with Crippen molar-refractivity contribution in [3.05, 3.63) is 53.6 Å². The van der Waals surface area contributed by atoms with Crippen molar-refractivity contribution >= 4 is 38.6 Å². The minimum Gasteiger partial charge on any atom is -0.465 e. The van der Waals surface area contributed by atoms with Crippen molar-refractivity contribution in [2.45, 2.75) is 0 Å². The van der Waals surface area contributed by atoms with E-state index >= 15 is 0 Å². The van der Waals surface area contributed by atoms with Crippen LogP contribution in [0.3, 0.4) is 0 Å². The van der Waals surface area contributed by atoms with Gasteiger partial charge in [-0.15, -0.1) is 0 Å². The van der Waals surface area contributed by atoms with Crippen molar-refractivity contribution < 1.29 is 24.0 Å². The summed E-state index contributed by atoms with van der Waals surface area (Å²) in [6, 6.07) is 11.6. The summed E-state index contributed by atoms with van der Waals surface area (Å²) >= 11 is 1.61. The number of rotatable bonds is 4. The van der Waals surface area contributed by atoms with E-state index in [-0.39, 0.29) is 0 Å². The second kappa shape index (κ2) is 8.18. The van der Waals surface area contributed by atoms with E-state index in [4.69, 9.17) is 9.72 Å². The Kier molecular flexibility index (Phi) is 5.46. The van der Waals surface area contributed by atoms with Crippen LogP contribution in [0.4, 0.5) is 5.13 Å². The second-order valence-electron chi connectivity index (χ2n) is 7.03. The largest absolute Gasteiger partial charge is 0.465 e. The summed E-state index contributed by atoms with van der Waals surface area (Å²) in [6.07, 6.45) is 0. The molecule has 0 atom stereocenters. The molecule has 4 rings (SSSR count). The molecule has 0 unspecified atom stereocenters. The number of carbonyl (C=O) groups excluding carboxylic acids is 2. The van der Waals surface area contributed by atoms with Crippen molar-refractivity contribution in [1.29, 1.82) is 0 Å². The number of aromatic nitrogens is 1. The van der Waals surface area contributed by atoms with E-state index in [0.29, 0.717) is 16.9 Å². The van der Waals surface area contributed by atoms with Crippen LogP contribution in [0, 0.1) is 0 Å². The normalized spacial score (nSPS) is 14.8. The van der Waals surface area contributed by atoms with E-state index in [9.17, 15) is 9.59 Å². The number of carbonyl (C=O) groups is 2. The molecule has 0 amide bonds. The van der Waals surface area contributed by atoms with Gasteiger partial charge in [0.1, 0.15) is 5.75 Å². The Morgan fingerprint density at radius 2 is 1.69 bits per heavy atom. The van der Waals surface area contributed by atoms with Crippen molar-refractivity contribution in [3.8, 4) is 5.75 Å². The Labute approximate surface area is 172 Å². The number of esters is 2. The number of methoxy groups -OCH3 is 1. The van der Waals surface area contributed by atoms with Crippen LogP contribution in [-0.4, -0.2) is 57.3 Å². The molecule has 0 aliphatic carbocycles. The number of nitrogens with one attached hydrogen (secondary N) is 1. The van der Waals surface area contributed by atoms with E-state index in [1.165, 1.54) is 12.0 Å². The molecule has 2 heterocycles. The lowest BCUT2D eigenvalue weighted by Gasteiger charge is -2.29. The van der Waals surface area contributed by atoms with Crippen LogP contribution in [0.1, 0.15) is 20.7 Å². The lowest BCUT2D eigenvalue weighted by atomic mass is 10.1. The standard InChI is InChI=1S/C21H21N3O4S/c1-23-9-11-24(12-10-23)21-22-17-8-7-16(13-18(17)29-21)28-20(26)15-5-3-14(4-6-15)19(25)27-2/h3-8,13H,9-12H2,1-2H3/p+1. The average Bonchev–Trinajstić information content (AvgIpc) is 3.17. The van der Waals surface area contributed by atoms with E-state index in [1.807, 2.05) is 12.1 Å². The highest BCUT2D eigenvalue weighted by atomic mass is 32.1. The number of quaternary nitrogens is 1. The fourth-order valence-electron chi connectivity index (χ4n) is 3.20. The Balaban J connectivity index is 1.48. The Morgan fingerprint density at radius 3 is 2.34 bits per heavy atom. The summed E-state index contributed by atoms with van der Waals surface area (Å²) in [4.78, 5) is 32.5.